The monoisotopic (exact) mass is 129 g/mol. The Labute approximate surface area is 51.9 Å². The van der Waals surface area contributed by atoms with Crippen molar-refractivity contribution in [1.29, 1.82) is 0 Å². The zero-order valence-corrected chi connectivity index (χ0v) is 4.85. The average Bonchev–Trinajstić information content (AvgIpc) is 1.77. The molecule has 0 aromatic rings. The maximum absolute atomic E-state index is 10.5. The van der Waals surface area contributed by atoms with Crippen molar-refractivity contribution in [2.75, 3.05) is 0 Å². The van der Waals surface area contributed by atoms with Crippen molar-refractivity contribution in [3.63, 3.8) is 0 Å². The summed E-state index contributed by atoms with van der Waals surface area (Å²) < 4.78 is 0. The SMILES string of the molecule is O=C1CC=CN=C1Cl. The first-order valence-corrected chi connectivity index (χ1v) is 2.60. The quantitative estimate of drug-likeness (QED) is 0.482. The average molecular weight is 130 g/mol. The van der Waals surface area contributed by atoms with Crippen LogP contribution < -0.4 is 0 Å². The Morgan fingerprint density at radius 2 is 2.50 bits per heavy atom. The highest BCUT2D eigenvalue weighted by atomic mass is 35.5. The van der Waals surface area contributed by atoms with E-state index in [9.17, 15) is 4.79 Å². The molecule has 3 heteroatoms. The van der Waals surface area contributed by atoms with Gasteiger partial charge in [0.15, 0.2) is 11.0 Å². The lowest BCUT2D eigenvalue weighted by molar-refractivity contribution is -0.112. The Kier molecular flexibility index (Phi) is 1.44. The fourth-order valence-electron chi connectivity index (χ4n) is 0.434. The smallest absolute Gasteiger partial charge is 0.196 e. The molecular formula is C5H4ClNO. The van der Waals surface area contributed by atoms with E-state index in [4.69, 9.17) is 11.6 Å². The van der Waals surface area contributed by atoms with Crippen molar-refractivity contribution < 1.29 is 4.79 Å². The van der Waals surface area contributed by atoms with E-state index in [-0.39, 0.29) is 11.0 Å². The molecule has 0 bridgehead atoms. The second kappa shape index (κ2) is 2.09. The highest BCUT2D eigenvalue weighted by molar-refractivity contribution is 6.83. The van der Waals surface area contributed by atoms with Crippen LogP contribution in [0.4, 0.5) is 0 Å². The van der Waals surface area contributed by atoms with E-state index in [1.807, 2.05) is 0 Å². The summed E-state index contributed by atoms with van der Waals surface area (Å²) in [7, 11) is 0. The summed E-state index contributed by atoms with van der Waals surface area (Å²) in [4.78, 5) is 14.0. The highest BCUT2D eigenvalue weighted by Gasteiger charge is 2.07. The predicted octanol–water partition coefficient (Wildman–Crippen LogP) is 1.11. The molecule has 0 aromatic carbocycles. The van der Waals surface area contributed by atoms with Gasteiger partial charge in [-0.3, -0.25) is 4.79 Å². The third-order valence-electron chi connectivity index (χ3n) is 0.827. The summed E-state index contributed by atoms with van der Waals surface area (Å²) in [6.45, 7) is 0. The lowest BCUT2D eigenvalue weighted by Gasteiger charge is -1.94. The number of halogens is 1. The molecule has 0 unspecified atom stereocenters. The number of nitrogens with zero attached hydrogens (tertiary/aromatic N) is 1. The van der Waals surface area contributed by atoms with Crippen molar-refractivity contribution in [3.05, 3.63) is 12.3 Å². The number of ketones is 1. The number of hydrogen-bond donors (Lipinski definition) is 0. The normalized spacial score (nSPS) is 18.6. The predicted molar refractivity (Wildman–Crippen MR) is 32.1 cm³/mol. The van der Waals surface area contributed by atoms with Gasteiger partial charge in [0.25, 0.3) is 0 Å². The van der Waals surface area contributed by atoms with Gasteiger partial charge < -0.3 is 0 Å². The maximum atomic E-state index is 10.5. The van der Waals surface area contributed by atoms with E-state index in [2.05, 4.69) is 4.99 Å². The Morgan fingerprint density at radius 3 is 2.88 bits per heavy atom. The summed E-state index contributed by atoms with van der Waals surface area (Å²) in [5.74, 6) is -0.103. The molecule has 8 heavy (non-hydrogen) atoms. The van der Waals surface area contributed by atoms with Gasteiger partial charge in [-0.25, -0.2) is 4.99 Å². The number of hydrogen-bond acceptors (Lipinski definition) is 2. The van der Waals surface area contributed by atoms with Gasteiger partial charge in [-0.2, -0.15) is 0 Å². The highest BCUT2D eigenvalue weighted by Crippen LogP contribution is 2.00. The van der Waals surface area contributed by atoms with Gasteiger partial charge in [0, 0.05) is 12.6 Å². The fraction of sp³-hybridized carbons (Fsp3) is 0.200. The molecule has 0 radical (unpaired) electrons. The van der Waals surface area contributed by atoms with E-state index in [0.29, 0.717) is 6.42 Å². The van der Waals surface area contributed by atoms with Gasteiger partial charge >= 0.3 is 0 Å². The third kappa shape index (κ3) is 0.954. The molecule has 0 atom stereocenters. The van der Waals surface area contributed by atoms with E-state index < -0.39 is 0 Å². The van der Waals surface area contributed by atoms with E-state index in [1.165, 1.54) is 6.20 Å². The molecule has 0 saturated carbocycles. The summed E-state index contributed by atoms with van der Waals surface area (Å²) >= 11 is 5.32. The molecule has 0 aromatic heterocycles. The van der Waals surface area contributed by atoms with E-state index in [0.717, 1.165) is 0 Å². The Hall–Kier alpha value is -0.630. The van der Waals surface area contributed by atoms with Crippen molar-refractivity contribution in [1.82, 2.24) is 0 Å². The third-order valence-corrected chi connectivity index (χ3v) is 1.14. The minimum atomic E-state index is -0.103. The van der Waals surface area contributed by atoms with Crippen LogP contribution >= 0.6 is 11.6 Å². The van der Waals surface area contributed by atoms with Crippen molar-refractivity contribution in [3.8, 4) is 0 Å². The Bertz CT molecular complexity index is 171. The Balaban J connectivity index is 2.80. The molecule has 0 saturated heterocycles. The molecule has 0 aliphatic carbocycles. The number of carbonyl (C=O) groups excluding carboxylic acids is 1. The number of carbonyl (C=O) groups is 1. The summed E-state index contributed by atoms with van der Waals surface area (Å²) in [5, 5.41) is 0.0903. The molecule has 1 aliphatic heterocycles. The second-order valence-corrected chi connectivity index (χ2v) is 1.79. The zero-order valence-electron chi connectivity index (χ0n) is 4.10. The molecule has 42 valence electrons. The van der Waals surface area contributed by atoms with Crippen molar-refractivity contribution in [2.45, 2.75) is 6.42 Å². The fourth-order valence-corrected chi connectivity index (χ4v) is 0.568. The molecule has 2 nitrogen and oxygen atoms in total. The number of aliphatic imine (C=N–C) groups is 1. The largest absolute Gasteiger partial charge is 0.291 e. The van der Waals surface area contributed by atoms with Crippen molar-refractivity contribution >= 4 is 22.6 Å². The molecule has 1 aliphatic rings. The van der Waals surface area contributed by atoms with Gasteiger partial charge in [0.05, 0.1) is 0 Å². The van der Waals surface area contributed by atoms with Gasteiger partial charge in [-0.15, -0.1) is 0 Å². The molecule has 0 spiro atoms. The summed E-state index contributed by atoms with van der Waals surface area (Å²) in [5.41, 5.74) is 0. The molecule has 1 heterocycles. The maximum Gasteiger partial charge on any atom is 0.196 e. The first-order chi connectivity index (χ1) is 3.80. The molecule has 0 fully saturated rings. The second-order valence-electron chi connectivity index (χ2n) is 1.43. The van der Waals surface area contributed by atoms with Crippen LogP contribution in [0.1, 0.15) is 6.42 Å². The van der Waals surface area contributed by atoms with Crippen molar-refractivity contribution in [2.24, 2.45) is 4.99 Å². The number of rotatable bonds is 0. The van der Waals surface area contributed by atoms with Gasteiger partial charge in [-0.1, -0.05) is 17.7 Å². The molecule has 0 amide bonds. The molecule has 1 rings (SSSR count). The first-order valence-electron chi connectivity index (χ1n) is 2.22. The zero-order chi connectivity index (χ0) is 5.98. The first kappa shape index (κ1) is 5.51. The summed E-state index contributed by atoms with van der Waals surface area (Å²) in [6, 6.07) is 0. The van der Waals surface area contributed by atoms with E-state index >= 15 is 0 Å². The lowest BCUT2D eigenvalue weighted by atomic mass is 10.3. The molecular weight excluding hydrogens is 126 g/mol. The van der Waals surface area contributed by atoms with Crippen LogP contribution in [0, 0.1) is 0 Å². The van der Waals surface area contributed by atoms with Gasteiger partial charge in [0.2, 0.25) is 0 Å². The van der Waals surface area contributed by atoms with Gasteiger partial charge in [-0.05, 0) is 0 Å². The Morgan fingerprint density at radius 1 is 1.75 bits per heavy atom. The van der Waals surface area contributed by atoms with E-state index in [1.54, 1.807) is 6.08 Å². The number of Topliss-reactive ketones (excluding diaryl/α,β-unsaturated/α-hetero) is 1. The summed E-state index contributed by atoms with van der Waals surface area (Å²) in [6.07, 6.45) is 3.60. The van der Waals surface area contributed by atoms with Crippen LogP contribution in [0.3, 0.4) is 0 Å². The number of allylic oxidation sites excluding steroid dienone is 1. The van der Waals surface area contributed by atoms with Crippen LogP contribution in [-0.2, 0) is 4.79 Å². The standard InChI is InChI=1S/C5H4ClNO/c6-5-4(8)2-1-3-7-5/h1,3H,2H2. The van der Waals surface area contributed by atoms with Crippen LogP contribution in [0.2, 0.25) is 0 Å². The van der Waals surface area contributed by atoms with Gasteiger partial charge in [0.1, 0.15) is 0 Å². The molecule has 0 N–H and O–H groups in total. The topological polar surface area (TPSA) is 29.4 Å². The minimum absolute atomic E-state index is 0.0903. The van der Waals surface area contributed by atoms with Crippen LogP contribution in [0.5, 0.6) is 0 Å². The van der Waals surface area contributed by atoms with Crippen LogP contribution in [0.25, 0.3) is 0 Å². The van der Waals surface area contributed by atoms with Crippen LogP contribution in [-0.4, -0.2) is 11.0 Å². The van der Waals surface area contributed by atoms with Crippen LogP contribution in [0.15, 0.2) is 17.3 Å². The lowest BCUT2D eigenvalue weighted by Crippen LogP contribution is -2.07. The minimum Gasteiger partial charge on any atom is -0.291 e.